The highest BCUT2D eigenvalue weighted by Gasteiger charge is 2.29. The Morgan fingerprint density at radius 1 is 1.33 bits per heavy atom. The van der Waals surface area contributed by atoms with Crippen molar-refractivity contribution in [1.82, 2.24) is 5.32 Å². The van der Waals surface area contributed by atoms with Crippen molar-refractivity contribution in [2.24, 2.45) is 11.1 Å². The summed E-state index contributed by atoms with van der Waals surface area (Å²) in [5.74, 6) is 1.34. The average molecular weight is 355 g/mol. The molecule has 5 nitrogen and oxygen atoms in total. The van der Waals surface area contributed by atoms with Crippen LogP contribution in [0.4, 0.5) is 0 Å². The quantitative estimate of drug-likeness (QED) is 0.877. The number of ether oxygens (including phenoxy) is 1. The molecule has 1 unspecified atom stereocenters. The van der Waals surface area contributed by atoms with Gasteiger partial charge in [0.05, 0.1) is 19.2 Å². The molecule has 0 aliphatic rings. The van der Waals surface area contributed by atoms with Gasteiger partial charge in [0.25, 0.3) is 0 Å². The van der Waals surface area contributed by atoms with Crippen molar-refractivity contribution < 1.29 is 13.9 Å². The normalized spacial score (nSPS) is 14.0. The Bertz CT molecular complexity index is 719. The highest BCUT2D eigenvalue weighted by molar-refractivity contribution is 5.86. The topological polar surface area (TPSA) is 77.5 Å². The van der Waals surface area contributed by atoms with Gasteiger partial charge >= 0.3 is 0 Å². The SMILES string of the molecule is COc1ccc2oc(C(C)NC(=O)[C@@H](N)C(C)(C)C)c(C)c2c1.Cl. The number of halogens is 1. The molecule has 0 radical (unpaired) electrons. The van der Waals surface area contributed by atoms with Crippen molar-refractivity contribution >= 4 is 29.3 Å². The molecule has 3 N–H and O–H groups in total. The van der Waals surface area contributed by atoms with Crippen LogP contribution in [0.25, 0.3) is 11.0 Å². The average Bonchev–Trinajstić information content (AvgIpc) is 2.82. The number of carbonyl (C=O) groups is 1. The number of rotatable bonds is 4. The van der Waals surface area contributed by atoms with E-state index < -0.39 is 6.04 Å². The lowest BCUT2D eigenvalue weighted by atomic mass is 9.87. The van der Waals surface area contributed by atoms with Crippen LogP contribution in [0.5, 0.6) is 5.75 Å². The molecule has 24 heavy (non-hydrogen) atoms. The summed E-state index contributed by atoms with van der Waals surface area (Å²) < 4.78 is 11.2. The minimum Gasteiger partial charge on any atom is -0.497 e. The van der Waals surface area contributed by atoms with E-state index in [-0.39, 0.29) is 29.8 Å². The number of hydrogen-bond donors (Lipinski definition) is 2. The lowest BCUT2D eigenvalue weighted by Gasteiger charge is -2.27. The third kappa shape index (κ3) is 4.02. The number of furan rings is 1. The number of carbonyl (C=O) groups excluding carboxylic acids is 1. The molecule has 0 bridgehead atoms. The molecule has 1 heterocycles. The second-order valence-corrected chi connectivity index (χ2v) is 7.03. The lowest BCUT2D eigenvalue weighted by Crippen LogP contribution is -2.49. The second kappa shape index (κ2) is 7.45. The summed E-state index contributed by atoms with van der Waals surface area (Å²) in [5, 5.41) is 3.93. The minimum atomic E-state index is -0.574. The molecule has 1 aromatic heterocycles. The molecule has 1 amide bonds. The molecule has 2 rings (SSSR count). The number of hydrogen-bond acceptors (Lipinski definition) is 4. The Morgan fingerprint density at radius 2 is 1.96 bits per heavy atom. The van der Waals surface area contributed by atoms with E-state index in [1.807, 2.05) is 52.8 Å². The third-order valence-corrected chi connectivity index (χ3v) is 4.15. The van der Waals surface area contributed by atoms with Gasteiger partial charge in [-0.25, -0.2) is 0 Å². The molecule has 0 spiro atoms. The van der Waals surface area contributed by atoms with Crippen LogP contribution in [-0.2, 0) is 4.79 Å². The summed E-state index contributed by atoms with van der Waals surface area (Å²) in [7, 11) is 1.63. The molecule has 2 aromatic rings. The summed E-state index contributed by atoms with van der Waals surface area (Å²) in [4.78, 5) is 12.3. The highest BCUT2D eigenvalue weighted by atomic mass is 35.5. The van der Waals surface area contributed by atoms with Crippen molar-refractivity contribution in [1.29, 1.82) is 0 Å². The predicted molar refractivity (Wildman–Crippen MR) is 98.7 cm³/mol. The first-order chi connectivity index (χ1) is 10.6. The van der Waals surface area contributed by atoms with E-state index in [1.165, 1.54) is 0 Å². The maximum absolute atomic E-state index is 12.3. The number of amides is 1. The smallest absolute Gasteiger partial charge is 0.238 e. The monoisotopic (exact) mass is 354 g/mol. The van der Waals surface area contributed by atoms with Gasteiger partial charge in [0.1, 0.15) is 17.1 Å². The van der Waals surface area contributed by atoms with Gasteiger partial charge in [0, 0.05) is 10.9 Å². The Hall–Kier alpha value is -1.72. The van der Waals surface area contributed by atoms with Crippen LogP contribution < -0.4 is 15.8 Å². The van der Waals surface area contributed by atoms with Gasteiger partial charge in [-0.3, -0.25) is 4.79 Å². The van der Waals surface area contributed by atoms with Crippen LogP contribution in [0, 0.1) is 12.3 Å². The van der Waals surface area contributed by atoms with E-state index in [2.05, 4.69) is 5.32 Å². The molecule has 2 atom stereocenters. The molecule has 0 fully saturated rings. The number of methoxy groups -OCH3 is 1. The zero-order valence-electron chi connectivity index (χ0n) is 15.1. The lowest BCUT2D eigenvalue weighted by molar-refractivity contribution is -0.125. The molecular weight excluding hydrogens is 328 g/mol. The van der Waals surface area contributed by atoms with Crippen LogP contribution in [0.15, 0.2) is 22.6 Å². The zero-order chi connectivity index (χ0) is 17.4. The highest BCUT2D eigenvalue weighted by Crippen LogP contribution is 2.32. The summed E-state index contributed by atoms with van der Waals surface area (Å²) in [6, 6.07) is 4.84. The number of nitrogens with two attached hydrogens (primary N) is 1. The molecule has 6 heteroatoms. The number of benzene rings is 1. The summed E-state index contributed by atoms with van der Waals surface area (Å²) in [6.45, 7) is 9.71. The first-order valence-corrected chi connectivity index (χ1v) is 7.78. The minimum absolute atomic E-state index is 0. The fourth-order valence-electron chi connectivity index (χ4n) is 2.52. The van der Waals surface area contributed by atoms with E-state index in [1.54, 1.807) is 7.11 Å². The van der Waals surface area contributed by atoms with Crippen molar-refractivity contribution in [2.75, 3.05) is 7.11 Å². The largest absolute Gasteiger partial charge is 0.497 e. The van der Waals surface area contributed by atoms with Gasteiger partial charge in [0.15, 0.2) is 0 Å². The first kappa shape index (κ1) is 20.3. The van der Waals surface area contributed by atoms with Gasteiger partial charge in [-0.15, -0.1) is 12.4 Å². The van der Waals surface area contributed by atoms with Crippen LogP contribution in [-0.4, -0.2) is 19.1 Å². The summed E-state index contributed by atoms with van der Waals surface area (Å²) >= 11 is 0. The fourth-order valence-corrected chi connectivity index (χ4v) is 2.52. The van der Waals surface area contributed by atoms with Crippen molar-refractivity contribution in [3.8, 4) is 5.75 Å². The van der Waals surface area contributed by atoms with Crippen LogP contribution >= 0.6 is 12.4 Å². The first-order valence-electron chi connectivity index (χ1n) is 7.78. The standard InChI is InChI=1S/C18H26N2O3.ClH/c1-10-13-9-12(22-6)7-8-14(13)23-15(10)11(2)20-17(21)16(19)18(3,4)5;/h7-9,11,16H,19H2,1-6H3,(H,20,21);1H/t11?,16-;/m1./s1. The fraction of sp³-hybridized carbons (Fsp3) is 0.500. The molecule has 134 valence electrons. The van der Waals surface area contributed by atoms with Gasteiger partial charge < -0.3 is 20.2 Å². The number of aryl methyl sites for hydroxylation is 1. The second-order valence-electron chi connectivity index (χ2n) is 7.03. The summed E-state index contributed by atoms with van der Waals surface area (Å²) in [5.41, 5.74) is 7.49. The van der Waals surface area contributed by atoms with E-state index in [0.717, 1.165) is 28.0 Å². The van der Waals surface area contributed by atoms with E-state index >= 15 is 0 Å². The van der Waals surface area contributed by atoms with Crippen molar-refractivity contribution in [2.45, 2.75) is 46.7 Å². The molecule has 0 saturated heterocycles. The van der Waals surface area contributed by atoms with Crippen molar-refractivity contribution in [3.63, 3.8) is 0 Å². The Balaban J connectivity index is 0.00000288. The maximum Gasteiger partial charge on any atom is 0.238 e. The van der Waals surface area contributed by atoms with Crippen LogP contribution in [0.3, 0.4) is 0 Å². The van der Waals surface area contributed by atoms with Gasteiger partial charge in [-0.2, -0.15) is 0 Å². The maximum atomic E-state index is 12.3. The predicted octanol–water partition coefficient (Wildman–Crippen LogP) is 3.72. The summed E-state index contributed by atoms with van der Waals surface area (Å²) in [6.07, 6.45) is 0. The number of fused-ring (bicyclic) bond motifs is 1. The van der Waals surface area contributed by atoms with Crippen molar-refractivity contribution in [3.05, 3.63) is 29.5 Å². The van der Waals surface area contributed by atoms with Crippen LogP contribution in [0.1, 0.15) is 45.1 Å². The Kier molecular flexibility index (Phi) is 6.31. The van der Waals surface area contributed by atoms with E-state index in [9.17, 15) is 4.79 Å². The van der Waals surface area contributed by atoms with Gasteiger partial charge in [-0.05, 0) is 37.5 Å². The molecular formula is C18H27ClN2O3. The molecule has 0 aliphatic carbocycles. The Labute approximate surface area is 149 Å². The zero-order valence-corrected chi connectivity index (χ0v) is 15.9. The number of nitrogens with one attached hydrogen (secondary N) is 1. The van der Waals surface area contributed by atoms with Gasteiger partial charge in [0.2, 0.25) is 5.91 Å². The molecule has 1 aromatic carbocycles. The molecule has 0 saturated carbocycles. The Morgan fingerprint density at radius 3 is 2.50 bits per heavy atom. The molecule has 0 aliphatic heterocycles. The van der Waals surface area contributed by atoms with E-state index in [0.29, 0.717) is 0 Å². The van der Waals surface area contributed by atoms with Gasteiger partial charge in [-0.1, -0.05) is 20.8 Å². The van der Waals surface area contributed by atoms with Crippen LogP contribution in [0.2, 0.25) is 0 Å². The van der Waals surface area contributed by atoms with E-state index in [4.69, 9.17) is 14.9 Å². The third-order valence-electron chi connectivity index (χ3n) is 4.15.